The largest absolute Gasteiger partial charge is 0.394 e. The fourth-order valence-corrected chi connectivity index (χ4v) is 2.61. The highest BCUT2D eigenvalue weighted by molar-refractivity contribution is 7.90. The van der Waals surface area contributed by atoms with Crippen LogP contribution < -0.4 is 11.1 Å². The van der Waals surface area contributed by atoms with Crippen molar-refractivity contribution in [2.75, 3.05) is 17.3 Å². The first kappa shape index (κ1) is 15.4. The van der Waals surface area contributed by atoms with Crippen LogP contribution in [0.4, 0.5) is 17.2 Å². The third-order valence-electron chi connectivity index (χ3n) is 3.17. The van der Waals surface area contributed by atoms with E-state index in [-0.39, 0.29) is 10.9 Å². The zero-order valence-electron chi connectivity index (χ0n) is 12.6. The Morgan fingerprint density at radius 3 is 2.29 bits per heavy atom. The Morgan fingerprint density at radius 2 is 1.81 bits per heavy atom. The van der Waals surface area contributed by atoms with Crippen molar-refractivity contribution in [3.8, 4) is 0 Å². The molecule has 2 aromatic rings. The molecule has 1 aromatic heterocycles. The molecule has 1 heterocycles. The van der Waals surface area contributed by atoms with Gasteiger partial charge in [-0.1, -0.05) is 0 Å². The van der Waals surface area contributed by atoms with Gasteiger partial charge in [0.25, 0.3) is 0 Å². The first-order valence-corrected chi connectivity index (χ1v) is 8.51. The Balaban J connectivity index is 2.35. The van der Waals surface area contributed by atoms with Gasteiger partial charge in [-0.2, -0.15) is 5.10 Å². The maximum absolute atomic E-state index is 11.4. The Kier molecular flexibility index (Phi) is 3.95. The summed E-state index contributed by atoms with van der Waals surface area (Å²) in [4.78, 5) is 0.287. The number of nitrogen functional groups attached to an aromatic ring is 1. The van der Waals surface area contributed by atoms with Crippen molar-refractivity contribution in [3.63, 3.8) is 0 Å². The number of sulfone groups is 1. The highest BCUT2D eigenvalue weighted by atomic mass is 32.2. The summed E-state index contributed by atoms with van der Waals surface area (Å²) in [5.41, 5.74) is 8.16. The zero-order chi connectivity index (χ0) is 15.8. The van der Waals surface area contributed by atoms with Crippen molar-refractivity contribution in [3.05, 3.63) is 30.0 Å². The maximum atomic E-state index is 11.4. The molecule has 0 aliphatic heterocycles. The Bertz CT molecular complexity index is 746. The number of rotatable bonds is 4. The Labute approximate surface area is 124 Å². The summed E-state index contributed by atoms with van der Waals surface area (Å²) in [5.74, 6) is 0.717. The van der Waals surface area contributed by atoms with E-state index < -0.39 is 9.84 Å². The lowest BCUT2D eigenvalue weighted by molar-refractivity contribution is 0.536. The van der Waals surface area contributed by atoms with E-state index in [1.807, 2.05) is 25.5 Å². The molecule has 1 aromatic carbocycles. The van der Waals surface area contributed by atoms with E-state index in [9.17, 15) is 8.42 Å². The second-order valence-corrected chi connectivity index (χ2v) is 7.32. The van der Waals surface area contributed by atoms with Crippen molar-refractivity contribution in [2.24, 2.45) is 0 Å². The van der Waals surface area contributed by atoms with Gasteiger partial charge in [-0.05, 0) is 45.0 Å². The summed E-state index contributed by atoms with van der Waals surface area (Å²) in [6.07, 6.45) is 1.19. The number of anilines is 3. The van der Waals surface area contributed by atoms with E-state index in [0.717, 1.165) is 17.2 Å². The summed E-state index contributed by atoms with van der Waals surface area (Å²) >= 11 is 0. The minimum Gasteiger partial charge on any atom is -0.394 e. The normalized spacial score (nSPS) is 11.9. The monoisotopic (exact) mass is 308 g/mol. The minimum absolute atomic E-state index is 0.166. The smallest absolute Gasteiger partial charge is 0.175 e. The topological polar surface area (TPSA) is 90.0 Å². The molecule has 0 saturated carbocycles. The summed E-state index contributed by atoms with van der Waals surface area (Å²) in [6, 6.07) is 6.72. The average Bonchev–Trinajstić information content (AvgIpc) is 2.67. The summed E-state index contributed by atoms with van der Waals surface area (Å²) < 4.78 is 24.7. The highest BCUT2D eigenvalue weighted by Gasteiger charge is 2.15. The quantitative estimate of drug-likeness (QED) is 0.905. The second-order valence-electron chi connectivity index (χ2n) is 5.31. The predicted molar refractivity (Wildman–Crippen MR) is 84.6 cm³/mol. The van der Waals surface area contributed by atoms with Crippen LogP contribution >= 0.6 is 0 Å². The summed E-state index contributed by atoms with van der Waals surface area (Å²) in [6.45, 7) is 5.89. The fourth-order valence-electron chi connectivity index (χ4n) is 1.98. The predicted octanol–water partition coefficient (Wildman–Crippen LogP) is 2.50. The molecule has 21 heavy (non-hydrogen) atoms. The van der Waals surface area contributed by atoms with Crippen LogP contribution in [0.3, 0.4) is 0 Å². The first-order chi connectivity index (χ1) is 9.70. The number of hydrogen-bond acceptors (Lipinski definition) is 5. The van der Waals surface area contributed by atoms with Crippen molar-refractivity contribution in [2.45, 2.75) is 31.7 Å². The lowest BCUT2D eigenvalue weighted by Gasteiger charge is -2.13. The number of nitrogens with two attached hydrogens (primary N) is 1. The van der Waals surface area contributed by atoms with Gasteiger partial charge in [-0.15, -0.1) is 0 Å². The molecule has 0 spiro atoms. The number of benzene rings is 1. The van der Waals surface area contributed by atoms with E-state index in [1.165, 1.54) is 6.26 Å². The van der Waals surface area contributed by atoms with E-state index >= 15 is 0 Å². The van der Waals surface area contributed by atoms with Gasteiger partial charge in [0.05, 0.1) is 16.3 Å². The number of nitrogens with zero attached hydrogens (tertiary/aromatic N) is 2. The molecule has 0 radical (unpaired) electrons. The second kappa shape index (κ2) is 5.40. The molecule has 0 atom stereocenters. The van der Waals surface area contributed by atoms with Crippen LogP contribution in [0.1, 0.15) is 25.6 Å². The molecule has 0 aliphatic rings. The van der Waals surface area contributed by atoms with Crippen molar-refractivity contribution >= 4 is 27.0 Å². The number of aryl methyl sites for hydroxylation is 1. The number of aromatic nitrogens is 2. The van der Waals surface area contributed by atoms with Crippen molar-refractivity contribution in [1.82, 2.24) is 9.78 Å². The van der Waals surface area contributed by atoms with Crippen LogP contribution in [-0.4, -0.2) is 24.5 Å². The van der Waals surface area contributed by atoms with Crippen LogP contribution in [0.5, 0.6) is 0 Å². The standard InChI is InChI=1S/C14H20N4O2S/c1-9(2)18-14(13(15)10(3)17-18)16-11-5-7-12(8-6-11)21(4,19)20/h5-9,16H,15H2,1-4H3. The van der Waals surface area contributed by atoms with Gasteiger partial charge in [0.2, 0.25) is 0 Å². The summed E-state index contributed by atoms with van der Waals surface area (Å²) in [5, 5.41) is 7.60. The van der Waals surface area contributed by atoms with Crippen LogP contribution in [-0.2, 0) is 9.84 Å². The molecule has 6 nitrogen and oxygen atoms in total. The van der Waals surface area contributed by atoms with Gasteiger partial charge in [0.15, 0.2) is 15.7 Å². The van der Waals surface area contributed by atoms with Gasteiger partial charge in [0.1, 0.15) is 0 Å². The van der Waals surface area contributed by atoms with Crippen molar-refractivity contribution in [1.29, 1.82) is 0 Å². The van der Waals surface area contributed by atoms with Gasteiger partial charge in [0, 0.05) is 18.0 Å². The van der Waals surface area contributed by atoms with Gasteiger partial charge >= 0.3 is 0 Å². The maximum Gasteiger partial charge on any atom is 0.175 e. The molecule has 7 heteroatoms. The molecule has 3 N–H and O–H groups in total. The van der Waals surface area contributed by atoms with E-state index in [0.29, 0.717) is 5.69 Å². The highest BCUT2D eigenvalue weighted by Crippen LogP contribution is 2.29. The lowest BCUT2D eigenvalue weighted by atomic mass is 10.3. The SMILES string of the molecule is Cc1nn(C(C)C)c(Nc2ccc(S(C)(=O)=O)cc2)c1N. The third-order valence-corrected chi connectivity index (χ3v) is 4.29. The van der Waals surface area contributed by atoms with Crippen molar-refractivity contribution < 1.29 is 8.42 Å². The molecular formula is C14H20N4O2S. The van der Waals surface area contributed by atoms with Gasteiger partial charge < -0.3 is 11.1 Å². The van der Waals surface area contributed by atoms with Gasteiger partial charge in [-0.25, -0.2) is 13.1 Å². The molecule has 114 valence electrons. The zero-order valence-corrected chi connectivity index (χ0v) is 13.4. The molecular weight excluding hydrogens is 288 g/mol. The molecule has 2 rings (SSSR count). The Hall–Kier alpha value is -2.02. The fraction of sp³-hybridized carbons (Fsp3) is 0.357. The van der Waals surface area contributed by atoms with Crippen LogP contribution in [0, 0.1) is 6.92 Å². The average molecular weight is 308 g/mol. The number of hydrogen-bond donors (Lipinski definition) is 2. The number of nitrogens with one attached hydrogen (secondary N) is 1. The van der Waals surface area contributed by atoms with Gasteiger partial charge in [-0.3, -0.25) is 0 Å². The third kappa shape index (κ3) is 3.18. The Morgan fingerprint density at radius 1 is 1.24 bits per heavy atom. The van der Waals surface area contributed by atoms with E-state index in [4.69, 9.17) is 5.73 Å². The van der Waals surface area contributed by atoms with Crippen LogP contribution in [0.2, 0.25) is 0 Å². The molecule has 0 bridgehead atoms. The van der Waals surface area contributed by atoms with Crippen LogP contribution in [0.25, 0.3) is 0 Å². The van der Waals surface area contributed by atoms with Crippen LogP contribution in [0.15, 0.2) is 29.2 Å². The lowest BCUT2D eigenvalue weighted by Crippen LogP contribution is -2.08. The first-order valence-electron chi connectivity index (χ1n) is 6.62. The molecule has 0 amide bonds. The summed E-state index contributed by atoms with van der Waals surface area (Å²) in [7, 11) is -3.19. The molecule has 0 aliphatic carbocycles. The minimum atomic E-state index is -3.19. The molecule has 0 unspecified atom stereocenters. The van der Waals surface area contributed by atoms with E-state index in [1.54, 1.807) is 24.3 Å². The molecule has 0 fully saturated rings. The molecule has 0 saturated heterocycles. The van der Waals surface area contributed by atoms with E-state index in [2.05, 4.69) is 10.4 Å².